The Morgan fingerprint density at radius 1 is 1.39 bits per heavy atom. The quantitative estimate of drug-likeness (QED) is 0.850. The first kappa shape index (κ1) is 12.8. The van der Waals surface area contributed by atoms with E-state index in [2.05, 4.69) is 17.0 Å². The Morgan fingerprint density at radius 3 is 2.94 bits per heavy atom. The minimum absolute atomic E-state index is 0.375. The monoisotopic (exact) mass is 248 g/mol. The van der Waals surface area contributed by atoms with Gasteiger partial charge in [0.25, 0.3) is 0 Å². The fourth-order valence-electron chi connectivity index (χ4n) is 1.96. The van der Waals surface area contributed by atoms with E-state index in [1.165, 1.54) is 0 Å². The molecule has 0 radical (unpaired) electrons. The lowest BCUT2D eigenvalue weighted by molar-refractivity contribution is 0.173. The SMILES string of the molecule is CCCn1ncnc1Cn1ccc(C(O)CC)c1. The maximum atomic E-state index is 9.76. The minimum Gasteiger partial charge on any atom is -0.388 e. The van der Waals surface area contributed by atoms with Gasteiger partial charge in [-0.15, -0.1) is 0 Å². The molecule has 0 spiro atoms. The number of aromatic nitrogens is 4. The highest BCUT2D eigenvalue weighted by molar-refractivity contribution is 5.14. The molecule has 98 valence electrons. The number of hydrogen-bond donors (Lipinski definition) is 1. The third-order valence-corrected chi connectivity index (χ3v) is 3.00. The van der Waals surface area contributed by atoms with Gasteiger partial charge in [0.1, 0.15) is 12.2 Å². The molecule has 18 heavy (non-hydrogen) atoms. The summed E-state index contributed by atoms with van der Waals surface area (Å²) in [5.74, 6) is 0.949. The lowest BCUT2D eigenvalue weighted by atomic mass is 10.1. The molecule has 5 nitrogen and oxygen atoms in total. The van der Waals surface area contributed by atoms with Crippen molar-refractivity contribution in [2.24, 2.45) is 0 Å². The molecule has 0 aliphatic carbocycles. The molecular weight excluding hydrogens is 228 g/mol. The molecule has 1 atom stereocenters. The lowest BCUT2D eigenvalue weighted by Crippen LogP contribution is -2.09. The van der Waals surface area contributed by atoms with E-state index in [1.807, 2.05) is 34.6 Å². The molecule has 0 aliphatic rings. The van der Waals surface area contributed by atoms with E-state index in [-0.39, 0.29) is 6.10 Å². The Hall–Kier alpha value is -1.62. The average Bonchev–Trinajstić information content (AvgIpc) is 3.00. The number of hydrogen-bond acceptors (Lipinski definition) is 3. The van der Waals surface area contributed by atoms with Crippen molar-refractivity contribution in [2.45, 2.75) is 45.9 Å². The van der Waals surface area contributed by atoms with Crippen LogP contribution in [0.2, 0.25) is 0 Å². The van der Waals surface area contributed by atoms with Crippen LogP contribution in [0.1, 0.15) is 44.2 Å². The van der Waals surface area contributed by atoms with Crippen molar-refractivity contribution in [1.29, 1.82) is 0 Å². The molecule has 0 fully saturated rings. The van der Waals surface area contributed by atoms with Crippen LogP contribution in [-0.4, -0.2) is 24.4 Å². The third kappa shape index (κ3) is 2.79. The van der Waals surface area contributed by atoms with Crippen LogP contribution >= 0.6 is 0 Å². The van der Waals surface area contributed by atoms with Crippen molar-refractivity contribution in [2.75, 3.05) is 0 Å². The molecular formula is C13H20N4O. The molecule has 1 N–H and O–H groups in total. The molecule has 5 heteroatoms. The molecule has 0 amide bonds. The minimum atomic E-state index is -0.375. The van der Waals surface area contributed by atoms with Crippen LogP contribution in [0.3, 0.4) is 0 Å². The van der Waals surface area contributed by atoms with Crippen molar-refractivity contribution < 1.29 is 5.11 Å². The fraction of sp³-hybridized carbons (Fsp3) is 0.538. The van der Waals surface area contributed by atoms with Gasteiger partial charge in [-0.25, -0.2) is 9.67 Å². The van der Waals surface area contributed by atoms with E-state index in [0.29, 0.717) is 6.54 Å². The van der Waals surface area contributed by atoms with Gasteiger partial charge in [-0.2, -0.15) is 5.10 Å². The molecule has 2 aromatic rings. The molecule has 2 heterocycles. The largest absolute Gasteiger partial charge is 0.388 e. The smallest absolute Gasteiger partial charge is 0.146 e. The van der Waals surface area contributed by atoms with E-state index in [0.717, 1.165) is 30.8 Å². The first-order valence-electron chi connectivity index (χ1n) is 6.45. The Labute approximate surface area is 107 Å². The zero-order valence-corrected chi connectivity index (χ0v) is 11.0. The Kier molecular flexibility index (Phi) is 4.15. The summed E-state index contributed by atoms with van der Waals surface area (Å²) in [6, 6.07) is 1.95. The van der Waals surface area contributed by atoms with Gasteiger partial charge in [0.2, 0.25) is 0 Å². The van der Waals surface area contributed by atoms with Crippen LogP contribution in [-0.2, 0) is 13.1 Å². The van der Waals surface area contributed by atoms with Gasteiger partial charge >= 0.3 is 0 Å². The van der Waals surface area contributed by atoms with Gasteiger partial charge in [-0.1, -0.05) is 13.8 Å². The molecule has 0 saturated carbocycles. The van der Waals surface area contributed by atoms with Crippen LogP contribution in [0.25, 0.3) is 0 Å². The second-order valence-electron chi connectivity index (χ2n) is 4.44. The summed E-state index contributed by atoms with van der Waals surface area (Å²) >= 11 is 0. The maximum absolute atomic E-state index is 9.76. The zero-order valence-electron chi connectivity index (χ0n) is 11.0. The highest BCUT2D eigenvalue weighted by Crippen LogP contribution is 2.16. The normalized spacial score (nSPS) is 12.8. The number of nitrogens with zero attached hydrogens (tertiary/aromatic N) is 4. The van der Waals surface area contributed by atoms with E-state index in [9.17, 15) is 5.11 Å². The van der Waals surface area contributed by atoms with Crippen molar-refractivity contribution in [3.63, 3.8) is 0 Å². The van der Waals surface area contributed by atoms with E-state index >= 15 is 0 Å². The van der Waals surface area contributed by atoms with Crippen molar-refractivity contribution in [3.05, 3.63) is 36.2 Å². The third-order valence-electron chi connectivity index (χ3n) is 3.00. The number of rotatable bonds is 6. The average molecular weight is 248 g/mol. The summed E-state index contributed by atoms with van der Waals surface area (Å²) in [5.41, 5.74) is 0.957. The number of aliphatic hydroxyl groups excluding tert-OH is 1. The fourth-order valence-corrected chi connectivity index (χ4v) is 1.96. The molecule has 2 rings (SSSR count). The number of aryl methyl sites for hydroxylation is 1. The van der Waals surface area contributed by atoms with Gasteiger partial charge in [-0.3, -0.25) is 0 Å². The second-order valence-corrected chi connectivity index (χ2v) is 4.44. The molecule has 1 unspecified atom stereocenters. The zero-order chi connectivity index (χ0) is 13.0. The summed E-state index contributed by atoms with van der Waals surface area (Å²) in [7, 11) is 0. The van der Waals surface area contributed by atoms with Gasteiger partial charge in [0.15, 0.2) is 0 Å². The molecule has 0 bridgehead atoms. The Morgan fingerprint density at radius 2 is 2.22 bits per heavy atom. The molecule has 0 aliphatic heterocycles. The van der Waals surface area contributed by atoms with Crippen LogP contribution in [0, 0.1) is 0 Å². The Balaban J connectivity index is 2.09. The van der Waals surface area contributed by atoms with Gasteiger partial charge < -0.3 is 9.67 Å². The second kappa shape index (κ2) is 5.82. The van der Waals surface area contributed by atoms with Gasteiger partial charge in [0.05, 0.1) is 12.6 Å². The standard InChI is InChI=1S/C13H20N4O/c1-3-6-17-13(14-10-15-17)9-16-7-5-11(8-16)12(18)4-2/h5,7-8,10,12,18H,3-4,6,9H2,1-2H3. The van der Waals surface area contributed by atoms with E-state index < -0.39 is 0 Å². The predicted molar refractivity (Wildman–Crippen MR) is 69.1 cm³/mol. The van der Waals surface area contributed by atoms with Gasteiger partial charge in [0, 0.05) is 18.9 Å². The topological polar surface area (TPSA) is 55.9 Å². The predicted octanol–water partition coefficient (Wildman–Crippen LogP) is 1.98. The van der Waals surface area contributed by atoms with Crippen molar-refractivity contribution >= 4 is 0 Å². The maximum Gasteiger partial charge on any atom is 0.146 e. The first-order valence-corrected chi connectivity index (χ1v) is 6.45. The summed E-state index contributed by atoms with van der Waals surface area (Å²) < 4.78 is 3.96. The van der Waals surface area contributed by atoms with E-state index in [1.54, 1.807) is 6.33 Å². The van der Waals surface area contributed by atoms with Crippen LogP contribution in [0.5, 0.6) is 0 Å². The Bertz CT molecular complexity index is 489. The van der Waals surface area contributed by atoms with Crippen molar-refractivity contribution in [3.8, 4) is 0 Å². The summed E-state index contributed by atoms with van der Waals surface area (Å²) in [6.45, 7) is 5.67. The highest BCUT2D eigenvalue weighted by atomic mass is 16.3. The first-order chi connectivity index (χ1) is 8.74. The summed E-state index contributed by atoms with van der Waals surface area (Å²) in [6.07, 6.45) is 6.94. The summed E-state index contributed by atoms with van der Waals surface area (Å²) in [5, 5.41) is 14.0. The van der Waals surface area contributed by atoms with Gasteiger partial charge in [-0.05, 0) is 24.5 Å². The van der Waals surface area contributed by atoms with Crippen LogP contribution in [0.15, 0.2) is 24.8 Å². The highest BCUT2D eigenvalue weighted by Gasteiger charge is 2.08. The van der Waals surface area contributed by atoms with Crippen LogP contribution in [0.4, 0.5) is 0 Å². The molecule has 0 saturated heterocycles. The van der Waals surface area contributed by atoms with Crippen molar-refractivity contribution in [1.82, 2.24) is 19.3 Å². The molecule has 2 aromatic heterocycles. The molecule has 0 aromatic carbocycles. The lowest BCUT2D eigenvalue weighted by Gasteiger charge is -2.06. The van der Waals surface area contributed by atoms with E-state index in [4.69, 9.17) is 0 Å². The number of aliphatic hydroxyl groups is 1. The van der Waals surface area contributed by atoms with Crippen LogP contribution < -0.4 is 0 Å². The summed E-state index contributed by atoms with van der Waals surface area (Å²) in [4.78, 5) is 4.27.